The molecule has 1 aromatic carbocycles. The van der Waals surface area contributed by atoms with Crippen molar-refractivity contribution in [2.24, 2.45) is 5.84 Å². The Kier molecular flexibility index (Phi) is 3.74. The summed E-state index contributed by atoms with van der Waals surface area (Å²) in [7, 11) is 0. The van der Waals surface area contributed by atoms with Crippen molar-refractivity contribution < 1.29 is 0 Å². The van der Waals surface area contributed by atoms with Gasteiger partial charge in [0.15, 0.2) is 0 Å². The number of nitrogens with zero attached hydrogens (tertiary/aromatic N) is 1. The van der Waals surface area contributed by atoms with Crippen LogP contribution < -0.4 is 11.3 Å². The zero-order chi connectivity index (χ0) is 10.1. The van der Waals surface area contributed by atoms with Crippen LogP contribution in [0, 0.1) is 6.92 Å². The summed E-state index contributed by atoms with van der Waals surface area (Å²) in [6, 6.07) is 7.43. The molecular formula is C10H11Cl2N3. The second-order valence-corrected chi connectivity index (χ2v) is 3.55. The molecule has 0 saturated carbocycles. The number of nitrogens with two attached hydrogens (primary N) is 1. The molecule has 0 amide bonds. The van der Waals surface area contributed by atoms with Crippen LogP contribution in [0.1, 0.15) is 5.69 Å². The zero-order valence-corrected chi connectivity index (χ0v) is 9.69. The van der Waals surface area contributed by atoms with Crippen molar-refractivity contribution in [1.82, 2.24) is 4.98 Å². The molecule has 15 heavy (non-hydrogen) atoms. The monoisotopic (exact) mass is 243 g/mol. The molecule has 0 saturated heterocycles. The molecule has 80 valence electrons. The predicted octanol–water partition coefficient (Wildman–Crippen LogP) is 2.90. The molecule has 0 aliphatic carbocycles. The van der Waals surface area contributed by atoms with Gasteiger partial charge in [0.1, 0.15) is 0 Å². The summed E-state index contributed by atoms with van der Waals surface area (Å²) >= 11 is 5.89. The van der Waals surface area contributed by atoms with Gasteiger partial charge in [0.05, 0.1) is 11.2 Å². The van der Waals surface area contributed by atoms with Crippen molar-refractivity contribution in [2.45, 2.75) is 6.92 Å². The molecule has 0 aliphatic rings. The summed E-state index contributed by atoms with van der Waals surface area (Å²) < 4.78 is 0. The Labute approximate surface area is 99.0 Å². The molecule has 5 heteroatoms. The van der Waals surface area contributed by atoms with Crippen molar-refractivity contribution in [1.29, 1.82) is 0 Å². The minimum Gasteiger partial charge on any atom is -0.323 e. The number of halogens is 2. The molecular weight excluding hydrogens is 233 g/mol. The fourth-order valence-corrected chi connectivity index (χ4v) is 1.62. The van der Waals surface area contributed by atoms with Crippen LogP contribution >= 0.6 is 24.0 Å². The summed E-state index contributed by atoms with van der Waals surface area (Å²) in [5, 5.41) is 1.62. The molecule has 0 spiro atoms. The van der Waals surface area contributed by atoms with E-state index < -0.39 is 0 Å². The van der Waals surface area contributed by atoms with Crippen molar-refractivity contribution >= 4 is 40.6 Å². The van der Waals surface area contributed by atoms with Crippen LogP contribution in [-0.4, -0.2) is 4.98 Å². The zero-order valence-electron chi connectivity index (χ0n) is 8.12. The van der Waals surface area contributed by atoms with Crippen molar-refractivity contribution in [3.05, 3.63) is 35.0 Å². The number of aryl methyl sites for hydroxylation is 1. The number of rotatable bonds is 1. The fraction of sp³-hybridized carbons (Fsp3) is 0.100. The average molecular weight is 244 g/mol. The van der Waals surface area contributed by atoms with Crippen molar-refractivity contribution in [3.63, 3.8) is 0 Å². The molecule has 1 aromatic heterocycles. The summed E-state index contributed by atoms with van der Waals surface area (Å²) in [4.78, 5) is 4.37. The van der Waals surface area contributed by atoms with E-state index in [-0.39, 0.29) is 12.4 Å². The Hall–Kier alpha value is -1.03. The molecule has 3 nitrogen and oxygen atoms in total. The topological polar surface area (TPSA) is 50.9 Å². The number of benzene rings is 1. The first kappa shape index (κ1) is 12.0. The van der Waals surface area contributed by atoms with E-state index >= 15 is 0 Å². The van der Waals surface area contributed by atoms with Crippen molar-refractivity contribution in [3.8, 4) is 0 Å². The highest BCUT2D eigenvalue weighted by Crippen LogP contribution is 2.25. The van der Waals surface area contributed by atoms with Crippen LogP contribution in [0.5, 0.6) is 0 Å². The number of hydrazine groups is 1. The Morgan fingerprint density at radius 1 is 1.33 bits per heavy atom. The minimum atomic E-state index is 0. The molecule has 2 aromatic rings. The number of anilines is 1. The van der Waals surface area contributed by atoms with E-state index in [2.05, 4.69) is 10.4 Å². The quantitative estimate of drug-likeness (QED) is 0.599. The third-order valence-electron chi connectivity index (χ3n) is 2.05. The predicted molar refractivity (Wildman–Crippen MR) is 66.5 cm³/mol. The van der Waals surface area contributed by atoms with Crippen molar-refractivity contribution in [2.75, 3.05) is 5.43 Å². The highest BCUT2D eigenvalue weighted by atomic mass is 35.5. The van der Waals surface area contributed by atoms with Gasteiger partial charge in [-0.05, 0) is 31.2 Å². The van der Waals surface area contributed by atoms with Gasteiger partial charge in [-0.1, -0.05) is 11.6 Å². The van der Waals surface area contributed by atoms with E-state index in [1.165, 1.54) is 0 Å². The van der Waals surface area contributed by atoms with Crippen LogP contribution in [0.2, 0.25) is 5.02 Å². The first-order valence-corrected chi connectivity index (χ1v) is 4.62. The fourth-order valence-electron chi connectivity index (χ4n) is 1.45. The highest BCUT2D eigenvalue weighted by molar-refractivity contribution is 6.31. The smallest absolute Gasteiger partial charge is 0.0727 e. The van der Waals surface area contributed by atoms with E-state index in [0.717, 1.165) is 22.3 Å². The number of hydrogen-bond acceptors (Lipinski definition) is 3. The maximum absolute atomic E-state index is 5.89. The van der Waals surface area contributed by atoms with Gasteiger partial charge in [0.25, 0.3) is 0 Å². The summed E-state index contributed by atoms with van der Waals surface area (Å²) in [6.45, 7) is 1.93. The summed E-state index contributed by atoms with van der Waals surface area (Å²) in [5.74, 6) is 5.41. The number of nitrogens with one attached hydrogen (secondary N) is 1. The molecule has 0 radical (unpaired) electrons. The maximum Gasteiger partial charge on any atom is 0.0727 e. The normalized spacial score (nSPS) is 9.80. The van der Waals surface area contributed by atoms with E-state index in [1.54, 1.807) is 0 Å². The Morgan fingerprint density at radius 3 is 2.73 bits per heavy atom. The van der Waals surface area contributed by atoms with E-state index in [4.69, 9.17) is 17.4 Å². The lowest BCUT2D eigenvalue weighted by Crippen LogP contribution is -2.07. The maximum atomic E-state index is 5.89. The molecule has 0 unspecified atom stereocenters. The molecule has 0 atom stereocenters. The third kappa shape index (κ3) is 2.31. The first-order chi connectivity index (χ1) is 6.70. The second-order valence-electron chi connectivity index (χ2n) is 3.12. The van der Waals surface area contributed by atoms with Gasteiger partial charge in [0.2, 0.25) is 0 Å². The van der Waals surface area contributed by atoms with E-state index in [0.29, 0.717) is 5.02 Å². The SMILES string of the molecule is Cc1cc(NN)c2cc(Cl)ccc2n1.Cl. The van der Waals surface area contributed by atoms with E-state index in [9.17, 15) is 0 Å². The van der Waals surface area contributed by atoms with Gasteiger partial charge in [-0.25, -0.2) is 0 Å². The number of pyridine rings is 1. The van der Waals surface area contributed by atoms with Gasteiger partial charge in [-0.2, -0.15) is 0 Å². The first-order valence-electron chi connectivity index (χ1n) is 4.24. The van der Waals surface area contributed by atoms with Gasteiger partial charge < -0.3 is 5.43 Å². The largest absolute Gasteiger partial charge is 0.323 e. The standard InChI is InChI=1S/C10H10ClN3.ClH/c1-6-4-10(14-12)8-5-7(11)2-3-9(8)13-6;/h2-5H,12H2,1H3,(H,13,14);1H. The molecule has 2 rings (SSSR count). The molecule has 3 N–H and O–H groups in total. The Balaban J connectivity index is 0.00000112. The third-order valence-corrected chi connectivity index (χ3v) is 2.29. The van der Waals surface area contributed by atoms with Gasteiger partial charge in [-0.15, -0.1) is 12.4 Å². The molecule has 1 heterocycles. The van der Waals surface area contributed by atoms with Crippen LogP contribution in [0.15, 0.2) is 24.3 Å². The molecule has 0 fully saturated rings. The number of nitrogen functional groups attached to an aromatic ring is 1. The van der Waals surface area contributed by atoms with Gasteiger partial charge in [-0.3, -0.25) is 10.8 Å². The number of hydrogen-bond donors (Lipinski definition) is 2. The van der Waals surface area contributed by atoms with Crippen LogP contribution in [0.3, 0.4) is 0 Å². The number of aromatic nitrogens is 1. The van der Waals surface area contributed by atoms with E-state index in [1.807, 2.05) is 31.2 Å². The van der Waals surface area contributed by atoms with Gasteiger partial charge in [0, 0.05) is 16.1 Å². The lowest BCUT2D eigenvalue weighted by molar-refractivity contribution is 1.24. The Bertz CT molecular complexity index is 485. The second kappa shape index (κ2) is 4.66. The molecule has 0 bridgehead atoms. The minimum absolute atomic E-state index is 0. The van der Waals surface area contributed by atoms with Crippen LogP contribution in [0.4, 0.5) is 5.69 Å². The van der Waals surface area contributed by atoms with Crippen LogP contribution in [-0.2, 0) is 0 Å². The molecule has 0 aliphatic heterocycles. The lowest BCUT2D eigenvalue weighted by Gasteiger charge is -2.06. The van der Waals surface area contributed by atoms with Gasteiger partial charge >= 0.3 is 0 Å². The summed E-state index contributed by atoms with van der Waals surface area (Å²) in [6.07, 6.45) is 0. The van der Waals surface area contributed by atoms with Crippen LogP contribution in [0.25, 0.3) is 10.9 Å². The lowest BCUT2D eigenvalue weighted by atomic mass is 10.1. The average Bonchev–Trinajstić information content (AvgIpc) is 2.17. The highest BCUT2D eigenvalue weighted by Gasteiger charge is 2.02. The Morgan fingerprint density at radius 2 is 2.07 bits per heavy atom. The summed E-state index contributed by atoms with van der Waals surface area (Å²) in [5.41, 5.74) is 5.30. The number of fused-ring (bicyclic) bond motifs is 1.